The van der Waals surface area contributed by atoms with Gasteiger partial charge < -0.3 is 38.5 Å². The summed E-state index contributed by atoms with van der Waals surface area (Å²) < 4.78 is 47.1. The second kappa shape index (κ2) is 12.9. The SMILES string of the molecule is CC(=O)O[C@H]1O[C@H](COCC(F)Cn2ccnc2[N+](=O)[O-])[C@@H](OC(C)=O)[C@H](OC(C)=O)[C@H]1OC(C)=O. The summed E-state index contributed by atoms with van der Waals surface area (Å²) in [5, 5.41) is 10.9. The van der Waals surface area contributed by atoms with Crippen molar-refractivity contribution in [1.82, 2.24) is 9.55 Å². The van der Waals surface area contributed by atoms with Gasteiger partial charge >= 0.3 is 29.8 Å². The molecule has 1 saturated heterocycles. The zero-order valence-electron chi connectivity index (χ0n) is 19.9. The van der Waals surface area contributed by atoms with E-state index >= 15 is 0 Å². The van der Waals surface area contributed by atoms with Crippen molar-refractivity contribution >= 4 is 29.8 Å². The minimum absolute atomic E-state index is 0.435. The monoisotopic (exact) mass is 519 g/mol. The van der Waals surface area contributed by atoms with Crippen LogP contribution in [0.3, 0.4) is 0 Å². The minimum atomic E-state index is -1.71. The van der Waals surface area contributed by atoms with Gasteiger partial charge in [-0.25, -0.2) is 8.96 Å². The van der Waals surface area contributed by atoms with Crippen molar-refractivity contribution in [2.45, 2.75) is 71.1 Å². The molecule has 15 nitrogen and oxygen atoms in total. The Labute approximate surface area is 203 Å². The van der Waals surface area contributed by atoms with Gasteiger partial charge in [0.05, 0.1) is 13.2 Å². The van der Waals surface area contributed by atoms with Crippen LogP contribution in [0.15, 0.2) is 12.4 Å². The Balaban J connectivity index is 2.19. The number of alkyl halides is 1. The van der Waals surface area contributed by atoms with Gasteiger partial charge in [0.2, 0.25) is 12.4 Å². The first-order valence-electron chi connectivity index (χ1n) is 10.6. The average molecular weight is 519 g/mol. The summed E-state index contributed by atoms with van der Waals surface area (Å²) >= 11 is 0. The van der Waals surface area contributed by atoms with Crippen LogP contribution in [0, 0.1) is 10.1 Å². The molecule has 0 N–H and O–H groups in total. The molecule has 0 spiro atoms. The highest BCUT2D eigenvalue weighted by atomic mass is 19.1. The van der Waals surface area contributed by atoms with Gasteiger partial charge in [-0.05, 0) is 4.92 Å². The lowest BCUT2D eigenvalue weighted by Crippen LogP contribution is -2.63. The predicted octanol–water partition coefficient (Wildman–Crippen LogP) is 0.229. The van der Waals surface area contributed by atoms with Gasteiger partial charge in [0.15, 0.2) is 18.4 Å². The Bertz CT molecular complexity index is 969. The molecule has 0 radical (unpaired) electrons. The van der Waals surface area contributed by atoms with Gasteiger partial charge in [-0.15, -0.1) is 0 Å². The molecule has 1 fully saturated rings. The number of carbonyl (C=O) groups excluding carboxylic acids is 4. The molecule has 1 aliphatic rings. The summed E-state index contributed by atoms with van der Waals surface area (Å²) in [6.45, 7) is 2.78. The van der Waals surface area contributed by atoms with E-state index < -0.39 is 91.4 Å². The molecule has 1 aliphatic heterocycles. The molecule has 1 aromatic heterocycles. The van der Waals surface area contributed by atoms with E-state index in [1.807, 2.05) is 0 Å². The first kappa shape index (κ1) is 28.6. The van der Waals surface area contributed by atoms with Gasteiger partial charge in [0, 0.05) is 27.7 Å². The molecule has 1 aromatic rings. The maximum Gasteiger partial charge on any atom is 0.434 e. The number of hydrogen-bond donors (Lipinski definition) is 0. The van der Waals surface area contributed by atoms with Crippen molar-refractivity contribution in [2.75, 3.05) is 13.2 Å². The molecule has 0 bridgehead atoms. The number of aromatic nitrogens is 2. The van der Waals surface area contributed by atoms with E-state index in [9.17, 15) is 33.7 Å². The van der Waals surface area contributed by atoms with Gasteiger partial charge in [-0.3, -0.25) is 19.2 Å². The summed E-state index contributed by atoms with van der Waals surface area (Å²) in [6.07, 6.45) is -6.52. The molecule has 0 aromatic carbocycles. The zero-order valence-corrected chi connectivity index (χ0v) is 19.9. The van der Waals surface area contributed by atoms with Gasteiger partial charge in [-0.2, -0.15) is 0 Å². The largest absolute Gasteiger partial charge is 0.456 e. The van der Waals surface area contributed by atoms with Crippen molar-refractivity contribution < 1.29 is 56.9 Å². The zero-order chi connectivity index (χ0) is 27.0. The lowest BCUT2D eigenvalue weighted by atomic mass is 9.98. The number of nitro groups is 1. The third kappa shape index (κ3) is 8.23. The third-order valence-corrected chi connectivity index (χ3v) is 4.61. The molecular formula is C20H26FN3O12. The second-order valence-electron chi connectivity index (χ2n) is 7.65. The van der Waals surface area contributed by atoms with Crippen molar-refractivity contribution in [3.63, 3.8) is 0 Å². The number of esters is 4. The van der Waals surface area contributed by atoms with Crippen LogP contribution < -0.4 is 0 Å². The standard InChI is InChI=1S/C20H26FN3O12/c1-10(25)32-16-15(9-31-8-14(21)7-23-6-5-22-20(23)24(29)30)36-19(35-13(4)28)18(34-12(3)27)17(16)33-11(2)26/h5-6,14-19H,7-9H2,1-4H3/t14?,15-,16-,17+,18-,19+/m1/s1. The molecule has 2 heterocycles. The van der Waals surface area contributed by atoms with Gasteiger partial charge in [0.1, 0.15) is 25.0 Å². The Morgan fingerprint density at radius 3 is 2.14 bits per heavy atom. The van der Waals surface area contributed by atoms with E-state index in [0.717, 1.165) is 38.5 Å². The van der Waals surface area contributed by atoms with Crippen LogP contribution in [0.25, 0.3) is 0 Å². The summed E-state index contributed by atoms with van der Waals surface area (Å²) in [4.78, 5) is 60.4. The van der Waals surface area contributed by atoms with Crippen LogP contribution in [0.1, 0.15) is 27.7 Å². The van der Waals surface area contributed by atoms with E-state index in [4.69, 9.17) is 28.4 Å². The molecule has 200 valence electrons. The van der Waals surface area contributed by atoms with E-state index in [1.165, 1.54) is 6.20 Å². The van der Waals surface area contributed by atoms with Gasteiger partial charge in [0.25, 0.3) is 0 Å². The molecule has 36 heavy (non-hydrogen) atoms. The van der Waals surface area contributed by atoms with Crippen LogP contribution in [-0.4, -0.2) is 88.4 Å². The molecule has 0 amide bonds. The number of halogens is 1. The number of nitrogens with zero attached hydrogens (tertiary/aromatic N) is 3. The first-order valence-corrected chi connectivity index (χ1v) is 10.6. The maximum atomic E-state index is 14.5. The Kier molecular flexibility index (Phi) is 10.2. The molecule has 2 rings (SSSR count). The molecule has 0 aliphatic carbocycles. The lowest BCUT2D eigenvalue weighted by Gasteiger charge is -2.43. The fourth-order valence-corrected chi connectivity index (χ4v) is 3.44. The van der Waals surface area contributed by atoms with Crippen molar-refractivity contribution in [3.8, 4) is 0 Å². The van der Waals surface area contributed by atoms with Crippen molar-refractivity contribution in [3.05, 3.63) is 22.5 Å². The van der Waals surface area contributed by atoms with Crippen LogP contribution in [0.4, 0.5) is 10.3 Å². The highest BCUT2D eigenvalue weighted by molar-refractivity contribution is 5.69. The first-order chi connectivity index (χ1) is 16.9. The molecule has 1 unspecified atom stereocenters. The topological polar surface area (TPSA) is 185 Å². The molecular weight excluding hydrogens is 493 g/mol. The summed E-state index contributed by atoms with van der Waals surface area (Å²) in [7, 11) is 0. The third-order valence-electron chi connectivity index (χ3n) is 4.61. The smallest absolute Gasteiger partial charge is 0.434 e. The Morgan fingerprint density at radius 1 is 1.03 bits per heavy atom. The lowest BCUT2D eigenvalue weighted by molar-refractivity contribution is -0.396. The normalized spacial score (nSPS) is 24.3. The number of carbonyl (C=O) groups is 4. The number of ether oxygens (including phenoxy) is 6. The quantitative estimate of drug-likeness (QED) is 0.168. The van der Waals surface area contributed by atoms with Crippen molar-refractivity contribution in [1.29, 1.82) is 0 Å². The Hall–Kier alpha value is -3.66. The highest BCUT2D eigenvalue weighted by Gasteiger charge is 2.53. The number of imidazole rings is 1. The summed E-state index contributed by atoms with van der Waals surface area (Å²) in [6, 6.07) is 0. The minimum Gasteiger partial charge on any atom is -0.456 e. The fraction of sp³-hybridized carbons (Fsp3) is 0.650. The maximum absolute atomic E-state index is 14.5. The molecule has 6 atom stereocenters. The average Bonchev–Trinajstić information content (AvgIpc) is 3.20. The molecule has 16 heteroatoms. The predicted molar refractivity (Wildman–Crippen MR) is 112 cm³/mol. The molecule has 0 saturated carbocycles. The van der Waals surface area contributed by atoms with Gasteiger partial charge in [-0.1, -0.05) is 4.98 Å². The number of hydrogen-bond acceptors (Lipinski definition) is 13. The van der Waals surface area contributed by atoms with E-state index in [0.29, 0.717) is 0 Å². The fourth-order valence-electron chi connectivity index (χ4n) is 3.44. The Morgan fingerprint density at radius 2 is 1.58 bits per heavy atom. The highest BCUT2D eigenvalue weighted by Crippen LogP contribution is 2.30. The summed E-state index contributed by atoms with van der Waals surface area (Å²) in [5.74, 6) is -3.84. The second-order valence-corrected chi connectivity index (χ2v) is 7.65. The van der Waals surface area contributed by atoms with Crippen LogP contribution in [-0.2, 0) is 54.1 Å². The van der Waals surface area contributed by atoms with E-state index in [2.05, 4.69) is 4.98 Å². The van der Waals surface area contributed by atoms with E-state index in [1.54, 1.807) is 0 Å². The van der Waals surface area contributed by atoms with E-state index in [-0.39, 0.29) is 0 Å². The van der Waals surface area contributed by atoms with Crippen LogP contribution >= 0.6 is 0 Å². The van der Waals surface area contributed by atoms with Crippen LogP contribution in [0.5, 0.6) is 0 Å². The number of rotatable bonds is 11. The van der Waals surface area contributed by atoms with Crippen molar-refractivity contribution in [2.24, 2.45) is 0 Å². The van der Waals surface area contributed by atoms with Crippen LogP contribution in [0.2, 0.25) is 0 Å². The summed E-state index contributed by atoms with van der Waals surface area (Å²) in [5.41, 5.74) is 0.